The maximum absolute atomic E-state index is 6.25. The first-order chi connectivity index (χ1) is 10.1. The summed E-state index contributed by atoms with van der Waals surface area (Å²) in [4.78, 5) is 4.51. The van der Waals surface area contributed by atoms with Gasteiger partial charge >= 0.3 is 0 Å². The van der Waals surface area contributed by atoms with Crippen LogP contribution in [0.15, 0.2) is 18.2 Å². The Balaban J connectivity index is 2.13. The molecule has 3 nitrogen and oxygen atoms in total. The van der Waals surface area contributed by atoms with Crippen LogP contribution in [-0.4, -0.2) is 24.7 Å². The summed E-state index contributed by atoms with van der Waals surface area (Å²) in [5.41, 5.74) is 1.63. The zero-order valence-corrected chi connectivity index (χ0v) is 13.9. The zero-order valence-electron chi connectivity index (χ0n) is 12.4. The third kappa shape index (κ3) is 4.22. The first-order valence-corrected chi connectivity index (χ1v) is 7.98. The summed E-state index contributed by atoms with van der Waals surface area (Å²) in [7, 11) is 0. The van der Waals surface area contributed by atoms with E-state index in [4.69, 9.17) is 27.9 Å². The van der Waals surface area contributed by atoms with Crippen molar-refractivity contribution in [2.24, 2.45) is 0 Å². The van der Waals surface area contributed by atoms with Crippen molar-refractivity contribution in [1.29, 1.82) is 0 Å². The first kappa shape index (κ1) is 16.3. The minimum atomic E-state index is 0.499. The Bertz CT molecular complexity index is 617. The zero-order chi connectivity index (χ0) is 15.2. The Labute approximate surface area is 135 Å². The van der Waals surface area contributed by atoms with Gasteiger partial charge in [-0.25, -0.2) is 4.98 Å². The van der Waals surface area contributed by atoms with Crippen LogP contribution in [0.2, 0.25) is 10.0 Å². The van der Waals surface area contributed by atoms with Crippen molar-refractivity contribution in [3.8, 4) is 5.75 Å². The molecule has 5 heteroatoms. The van der Waals surface area contributed by atoms with E-state index in [1.54, 1.807) is 6.07 Å². The molecule has 0 saturated heterocycles. The Kier molecular flexibility index (Phi) is 6.09. The summed E-state index contributed by atoms with van der Waals surface area (Å²) in [6.07, 6.45) is 2.36. The van der Waals surface area contributed by atoms with Crippen molar-refractivity contribution in [2.75, 3.05) is 19.7 Å². The van der Waals surface area contributed by atoms with Crippen molar-refractivity contribution >= 4 is 34.1 Å². The van der Waals surface area contributed by atoms with Gasteiger partial charge in [0.15, 0.2) is 5.75 Å². The molecular formula is C16H20Cl2N2O. The number of pyridine rings is 1. The molecule has 0 fully saturated rings. The molecule has 2 aromatic rings. The number of hydrogen-bond acceptors (Lipinski definition) is 3. The van der Waals surface area contributed by atoms with Crippen LogP contribution in [0, 0.1) is 6.92 Å². The molecule has 1 aromatic carbocycles. The molecule has 0 aliphatic rings. The lowest BCUT2D eigenvalue weighted by Gasteiger charge is -2.12. The molecule has 0 bridgehead atoms. The van der Waals surface area contributed by atoms with E-state index in [-0.39, 0.29) is 0 Å². The number of fused-ring (bicyclic) bond motifs is 1. The van der Waals surface area contributed by atoms with Crippen LogP contribution in [0.4, 0.5) is 0 Å². The fourth-order valence-corrected chi connectivity index (χ4v) is 2.65. The van der Waals surface area contributed by atoms with E-state index in [9.17, 15) is 0 Å². The van der Waals surface area contributed by atoms with E-state index < -0.39 is 0 Å². The molecule has 0 saturated carbocycles. The van der Waals surface area contributed by atoms with Gasteiger partial charge < -0.3 is 10.1 Å². The Morgan fingerprint density at radius 2 is 2.00 bits per heavy atom. The molecule has 21 heavy (non-hydrogen) atoms. The number of hydrogen-bond donors (Lipinski definition) is 1. The van der Waals surface area contributed by atoms with Crippen molar-refractivity contribution in [3.63, 3.8) is 0 Å². The average Bonchev–Trinajstić information content (AvgIpc) is 2.45. The Morgan fingerprint density at radius 3 is 2.76 bits per heavy atom. The van der Waals surface area contributed by atoms with Gasteiger partial charge in [-0.1, -0.05) is 36.5 Å². The van der Waals surface area contributed by atoms with E-state index >= 15 is 0 Å². The van der Waals surface area contributed by atoms with Crippen molar-refractivity contribution in [3.05, 3.63) is 33.9 Å². The molecule has 0 aliphatic carbocycles. The number of nitrogens with one attached hydrogen (secondary N) is 1. The highest BCUT2D eigenvalue weighted by atomic mass is 35.5. The van der Waals surface area contributed by atoms with Crippen LogP contribution in [0.25, 0.3) is 10.9 Å². The lowest BCUT2D eigenvalue weighted by atomic mass is 10.2. The molecule has 1 heterocycles. The maximum atomic E-state index is 6.25. The van der Waals surface area contributed by atoms with Gasteiger partial charge in [-0.2, -0.15) is 0 Å². The third-order valence-corrected chi connectivity index (χ3v) is 3.80. The monoisotopic (exact) mass is 326 g/mol. The van der Waals surface area contributed by atoms with Crippen LogP contribution in [0.3, 0.4) is 0 Å². The van der Waals surface area contributed by atoms with Gasteiger partial charge in [0.1, 0.15) is 12.1 Å². The SMILES string of the molecule is CCCCNCCOc1c(Cl)cc(Cl)c2ccc(C)nc12. The summed E-state index contributed by atoms with van der Waals surface area (Å²) in [5, 5.41) is 5.29. The quantitative estimate of drug-likeness (QED) is 0.754. The average molecular weight is 327 g/mol. The Morgan fingerprint density at radius 1 is 1.19 bits per heavy atom. The predicted molar refractivity (Wildman–Crippen MR) is 89.8 cm³/mol. The molecule has 1 aromatic heterocycles. The number of unbranched alkanes of at least 4 members (excludes halogenated alkanes) is 1. The third-order valence-electron chi connectivity index (χ3n) is 3.21. The van der Waals surface area contributed by atoms with E-state index in [2.05, 4.69) is 17.2 Å². The van der Waals surface area contributed by atoms with Gasteiger partial charge in [-0.05, 0) is 38.1 Å². The molecule has 0 atom stereocenters. The minimum absolute atomic E-state index is 0.499. The van der Waals surface area contributed by atoms with Crippen LogP contribution in [-0.2, 0) is 0 Å². The lowest BCUT2D eigenvalue weighted by Crippen LogP contribution is -2.22. The molecule has 114 valence electrons. The van der Waals surface area contributed by atoms with Gasteiger partial charge in [-0.15, -0.1) is 0 Å². The number of halogens is 2. The highest BCUT2D eigenvalue weighted by Gasteiger charge is 2.13. The lowest BCUT2D eigenvalue weighted by molar-refractivity contribution is 0.317. The van der Waals surface area contributed by atoms with Crippen LogP contribution in [0.5, 0.6) is 5.75 Å². The largest absolute Gasteiger partial charge is 0.488 e. The Hall–Kier alpha value is -1.03. The first-order valence-electron chi connectivity index (χ1n) is 7.22. The number of rotatable bonds is 7. The van der Waals surface area contributed by atoms with E-state index in [0.29, 0.717) is 22.4 Å². The van der Waals surface area contributed by atoms with Crippen molar-refractivity contribution in [1.82, 2.24) is 10.3 Å². The predicted octanol–water partition coefficient (Wildman–Crippen LogP) is 4.62. The second-order valence-electron chi connectivity index (χ2n) is 4.97. The van der Waals surface area contributed by atoms with Gasteiger partial charge in [0.05, 0.1) is 10.0 Å². The number of aromatic nitrogens is 1. The molecule has 0 unspecified atom stereocenters. The molecule has 1 N–H and O–H groups in total. The van der Waals surface area contributed by atoms with Crippen molar-refractivity contribution in [2.45, 2.75) is 26.7 Å². The number of benzene rings is 1. The van der Waals surface area contributed by atoms with Crippen LogP contribution >= 0.6 is 23.2 Å². The van der Waals surface area contributed by atoms with Crippen LogP contribution in [0.1, 0.15) is 25.5 Å². The topological polar surface area (TPSA) is 34.1 Å². The number of nitrogens with zero attached hydrogens (tertiary/aromatic N) is 1. The molecule has 0 aliphatic heterocycles. The van der Waals surface area contributed by atoms with Gasteiger partial charge in [0, 0.05) is 17.6 Å². The summed E-state index contributed by atoms with van der Waals surface area (Å²) in [6.45, 7) is 6.45. The highest BCUT2D eigenvalue weighted by molar-refractivity contribution is 6.39. The molecular weight excluding hydrogens is 307 g/mol. The maximum Gasteiger partial charge on any atom is 0.164 e. The second-order valence-corrected chi connectivity index (χ2v) is 5.78. The van der Waals surface area contributed by atoms with Gasteiger partial charge in [0.2, 0.25) is 0 Å². The summed E-state index contributed by atoms with van der Waals surface area (Å²) in [6, 6.07) is 5.59. The minimum Gasteiger partial charge on any atom is -0.488 e. The molecule has 0 spiro atoms. The number of aryl methyl sites for hydroxylation is 1. The summed E-state index contributed by atoms with van der Waals surface area (Å²) >= 11 is 12.5. The van der Waals surface area contributed by atoms with Gasteiger partial charge in [-0.3, -0.25) is 0 Å². The van der Waals surface area contributed by atoms with E-state index in [0.717, 1.165) is 29.7 Å². The van der Waals surface area contributed by atoms with Gasteiger partial charge in [0.25, 0.3) is 0 Å². The van der Waals surface area contributed by atoms with Crippen molar-refractivity contribution < 1.29 is 4.74 Å². The molecule has 0 amide bonds. The normalized spacial score (nSPS) is 11.0. The molecule has 0 radical (unpaired) electrons. The summed E-state index contributed by atoms with van der Waals surface area (Å²) in [5.74, 6) is 0.608. The fraction of sp³-hybridized carbons (Fsp3) is 0.438. The van der Waals surface area contributed by atoms with E-state index in [1.807, 2.05) is 19.1 Å². The fourth-order valence-electron chi connectivity index (χ4n) is 2.08. The molecule has 2 rings (SSSR count). The summed E-state index contributed by atoms with van der Waals surface area (Å²) < 4.78 is 5.82. The second kappa shape index (κ2) is 7.83. The highest BCUT2D eigenvalue weighted by Crippen LogP contribution is 2.37. The number of ether oxygens (including phenoxy) is 1. The standard InChI is InChI=1S/C16H20Cl2N2O/c1-3-4-7-19-8-9-21-16-14(18)10-13(17)12-6-5-11(2)20-15(12)16/h5-6,10,19H,3-4,7-9H2,1-2H3. The van der Waals surface area contributed by atoms with Crippen LogP contribution < -0.4 is 10.1 Å². The smallest absolute Gasteiger partial charge is 0.164 e. The van der Waals surface area contributed by atoms with E-state index in [1.165, 1.54) is 12.8 Å².